The van der Waals surface area contributed by atoms with Gasteiger partial charge >= 0.3 is 6.18 Å². The average Bonchev–Trinajstić information content (AvgIpc) is 2.64. The van der Waals surface area contributed by atoms with E-state index in [4.69, 9.17) is 0 Å². The molecule has 21 heavy (non-hydrogen) atoms. The second-order valence-electron chi connectivity index (χ2n) is 4.85. The van der Waals surface area contributed by atoms with Crippen LogP contribution in [0.4, 0.5) is 13.2 Å². The molecule has 0 aliphatic heterocycles. The topological polar surface area (TPSA) is 20.9 Å². The SMILES string of the molecule is Cc1sc(C)[n+](CC(=O)c2ccc(C(F)(F)F)cc2)c1C. The zero-order valence-corrected chi connectivity index (χ0v) is 12.7. The van der Waals surface area contributed by atoms with Crippen molar-refractivity contribution in [2.45, 2.75) is 33.5 Å². The second-order valence-corrected chi connectivity index (χ2v) is 6.25. The highest BCUT2D eigenvalue weighted by Crippen LogP contribution is 2.29. The van der Waals surface area contributed by atoms with Crippen LogP contribution >= 0.6 is 11.3 Å². The number of thiazole rings is 1. The van der Waals surface area contributed by atoms with E-state index < -0.39 is 11.7 Å². The van der Waals surface area contributed by atoms with E-state index in [-0.39, 0.29) is 17.9 Å². The largest absolute Gasteiger partial charge is 0.416 e. The van der Waals surface area contributed by atoms with Gasteiger partial charge in [-0.15, -0.1) is 0 Å². The lowest BCUT2D eigenvalue weighted by Crippen LogP contribution is -2.41. The molecule has 0 atom stereocenters. The number of nitrogens with zero attached hydrogens (tertiary/aromatic N) is 1. The standard InChI is InChI=1S/C15H15F3NOS/c1-9-10(2)21-11(3)19(9)8-14(20)12-4-6-13(7-5-12)15(16,17)18/h4-7H,8H2,1-3H3/q+1. The van der Waals surface area contributed by atoms with Crippen LogP contribution in [0.2, 0.25) is 0 Å². The van der Waals surface area contributed by atoms with Crippen molar-refractivity contribution in [1.29, 1.82) is 0 Å². The van der Waals surface area contributed by atoms with Gasteiger partial charge in [-0.2, -0.15) is 17.7 Å². The lowest BCUT2D eigenvalue weighted by molar-refractivity contribution is -0.690. The monoisotopic (exact) mass is 314 g/mol. The highest BCUT2D eigenvalue weighted by Gasteiger charge is 2.30. The van der Waals surface area contributed by atoms with Crippen LogP contribution in [0, 0.1) is 20.8 Å². The Morgan fingerprint density at radius 3 is 2.14 bits per heavy atom. The van der Waals surface area contributed by atoms with Gasteiger partial charge in [0.05, 0.1) is 10.4 Å². The first kappa shape index (κ1) is 15.7. The maximum Gasteiger partial charge on any atom is 0.416 e. The zero-order valence-electron chi connectivity index (χ0n) is 11.9. The average molecular weight is 314 g/mol. The van der Waals surface area contributed by atoms with Crippen molar-refractivity contribution in [3.8, 4) is 0 Å². The van der Waals surface area contributed by atoms with Crippen LogP contribution in [0.5, 0.6) is 0 Å². The van der Waals surface area contributed by atoms with E-state index in [0.29, 0.717) is 0 Å². The molecule has 2 nitrogen and oxygen atoms in total. The van der Waals surface area contributed by atoms with Gasteiger partial charge in [0.25, 0.3) is 0 Å². The number of benzene rings is 1. The van der Waals surface area contributed by atoms with Gasteiger partial charge in [0.1, 0.15) is 0 Å². The van der Waals surface area contributed by atoms with Crippen molar-refractivity contribution < 1.29 is 22.5 Å². The van der Waals surface area contributed by atoms with Crippen molar-refractivity contribution in [2.24, 2.45) is 0 Å². The van der Waals surface area contributed by atoms with Crippen LogP contribution in [-0.2, 0) is 12.7 Å². The van der Waals surface area contributed by atoms with Crippen LogP contribution < -0.4 is 4.57 Å². The molecule has 0 aliphatic rings. The fraction of sp³-hybridized carbons (Fsp3) is 0.333. The lowest BCUT2D eigenvalue weighted by atomic mass is 10.1. The third-order valence-corrected chi connectivity index (χ3v) is 4.55. The zero-order chi connectivity index (χ0) is 15.8. The van der Waals surface area contributed by atoms with E-state index in [1.807, 2.05) is 25.3 Å². The van der Waals surface area contributed by atoms with Crippen molar-refractivity contribution >= 4 is 17.1 Å². The molecule has 1 aromatic carbocycles. The first-order valence-corrected chi connectivity index (χ1v) is 7.18. The minimum atomic E-state index is -4.38. The van der Waals surface area contributed by atoms with Crippen molar-refractivity contribution in [2.75, 3.05) is 0 Å². The summed E-state index contributed by atoms with van der Waals surface area (Å²) in [7, 11) is 0. The van der Waals surface area contributed by atoms with Gasteiger partial charge in [-0.05, 0) is 19.1 Å². The van der Waals surface area contributed by atoms with Crippen LogP contribution in [0.1, 0.15) is 31.5 Å². The summed E-state index contributed by atoms with van der Waals surface area (Å²) in [6.07, 6.45) is -4.38. The molecule has 0 saturated carbocycles. The third-order valence-electron chi connectivity index (χ3n) is 3.43. The number of aromatic nitrogens is 1. The molecule has 0 radical (unpaired) electrons. The van der Waals surface area contributed by atoms with Gasteiger partial charge in [0.2, 0.25) is 17.3 Å². The Kier molecular flexibility index (Phi) is 4.18. The molecular formula is C15H15F3NOS+. The summed E-state index contributed by atoms with van der Waals surface area (Å²) in [6.45, 7) is 5.98. The number of rotatable bonds is 3. The summed E-state index contributed by atoms with van der Waals surface area (Å²) in [4.78, 5) is 13.3. The molecule has 2 aromatic rings. The van der Waals surface area contributed by atoms with Gasteiger partial charge in [0, 0.05) is 19.4 Å². The van der Waals surface area contributed by atoms with Crippen molar-refractivity contribution in [1.82, 2.24) is 0 Å². The molecule has 0 amide bonds. The van der Waals surface area contributed by atoms with E-state index in [9.17, 15) is 18.0 Å². The molecule has 1 heterocycles. The molecule has 6 heteroatoms. The lowest BCUT2D eigenvalue weighted by Gasteiger charge is -2.06. The predicted octanol–water partition coefficient (Wildman–Crippen LogP) is 3.86. The van der Waals surface area contributed by atoms with Crippen LogP contribution in [0.15, 0.2) is 24.3 Å². The van der Waals surface area contributed by atoms with E-state index >= 15 is 0 Å². The number of halogens is 3. The molecule has 0 saturated heterocycles. The van der Waals surface area contributed by atoms with Crippen molar-refractivity contribution in [3.05, 3.63) is 51.0 Å². The summed E-state index contributed by atoms with van der Waals surface area (Å²) < 4.78 is 39.4. The fourth-order valence-corrected chi connectivity index (χ4v) is 3.10. The van der Waals surface area contributed by atoms with E-state index in [1.54, 1.807) is 11.3 Å². The highest BCUT2D eigenvalue weighted by atomic mass is 32.1. The van der Waals surface area contributed by atoms with Crippen molar-refractivity contribution in [3.63, 3.8) is 0 Å². The molecule has 0 N–H and O–H groups in total. The summed E-state index contributed by atoms with van der Waals surface area (Å²) in [6, 6.07) is 4.35. The Labute approximate surface area is 124 Å². The normalized spacial score (nSPS) is 11.7. The molecule has 0 bridgehead atoms. The quantitative estimate of drug-likeness (QED) is 0.622. The smallest absolute Gasteiger partial charge is 0.287 e. The minimum absolute atomic E-state index is 0.146. The van der Waals surface area contributed by atoms with Gasteiger partial charge in [-0.25, -0.2) is 0 Å². The molecule has 112 valence electrons. The summed E-state index contributed by atoms with van der Waals surface area (Å²) in [5.41, 5.74) is 0.557. The van der Waals surface area contributed by atoms with Gasteiger partial charge in [-0.1, -0.05) is 23.5 Å². The molecule has 0 spiro atoms. The molecule has 1 aromatic heterocycles. The summed E-state index contributed by atoms with van der Waals surface area (Å²) >= 11 is 1.60. The van der Waals surface area contributed by atoms with Crippen LogP contribution in [-0.4, -0.2) is 5.78 Å². The number of ketones is 1. The second kappa shape index (κ2) is 5.60. The number of carbonyl (C=O) groups is 1. The number of hydrogen-bond acceptors (Lipinski definition) is 2. The van der Waals surface area contributed by atoms with Gasteiger partial charge in [-0.3, -0.25) is 4.79 Å². The number of Topliss-reactive ketones (excluding diaryl/α,β-unsaturated/α-hetero) is 1. The Balaban J connectivity index is 2.21. The first-order valence-electron chi connectivity index (χ1n) is 6.37. The maximum absolute atomic E-state index is 12.5. The molecule has 0 fully saturated rings. The minimum Gasteiger partial charge on any atom is -0.287 e. The maximum atomic E-state index is 12.5. The van der Waals surface area contributed by atoms with Gasteiger partial charge in [0.15, 0.2) is 5.69 Å². The number of alkyl halides is 3. The number of hydrogen-bond donors (Lipinski definition) is 0. The molecule has 0 unspecified atom stereocenters. The van der Waals surface area contributed by atoms with Crippen LogP contribution in [0.25, 0.3) is 0 Å². The highest BCUT2D eigenvalue weighted by molar-refractivity contribution is 7.11. The predicted molar refractivity (Wildman–Crippen MR) is 74.5 cm³/mol. The molecule has 2 rings (SSSR count). The summed E-state index contributed by atoms with van der Waals surface area (Å²) in [5.74, 6) is -0.197. The van der Waals surface area contributed by atoms with E-state index in [1.165, 1.54) is 12.1 Å². The Hall–Kier alpha value is -1.69. The Bertz CT molecular complexity index is 671. The van der Waals surface area contributed by atoms with Crippen LogP contribution in [0.3, 0.4) is 0 Å². The van der Waals surface area contributed by atoms with E-state index in [0.717, 1.165) is 27.7 Å². The van der Waals surface area contributed by atoms with Gasteiger partial charge < -0.3 is 0 Å². The molecule has 0 aliphatic carbocycles. The fourth-order valence-electron chi connectivity index (χ4n) is 2.09. The number of aryl methyl sites for hydroxylation is 2. The van der Waals surface area contributed by atoms with E-state index in [2.05, 4.69) is 0 Å². The third kappa shape index (κ3) is 3.32. The molecular weight excluding hydrogens is 299 g/mol. The Morgan fingerprint density at radius 2 is 1.71 bits per heavy atom. The first-order chi connectivity index (χ1) is 9.70. The Morgan fingerprint density at radius 1 is 1.14 bits per heavy atom. The number of carbonyl (C=O) groups excluding carboxylic acids is 1. The summed E-state index contributed by atoms with van der Waals surface area (Å²) in [5, 5.41) is 1.00.